The molecule has 0 aliphatic heterocycles. The minimum absolute atomic E-state index is 0.000425. The van der Waals surface area contributed by atoms with E-state index >= 15 is 0 Å². The van der Waals surface area contributed by atoms with Crippen LogP contribution in [0.25, 0.3) is 0 Å². The zero-order chi connectivity index (χ0) is 17.8. The molecule has 0 bridgehead atoms. The second-order valence-electron chi connectivity index (χ2n) is 5.35. The number of rotatable bonds is 9. The third-order valence-electron chi connectivity index (χ3n) is 3.26. The number of hydrogen-bond donors (Lipinski definition) is 2. The Morgan fingerprint density at radius 1 is 1.12 bits per heavy atom. The number of amides is 1. The average Bonchev–Trinajstić information content (AvgIpc) is 2.60. The Balaban J connectivity index is 2.34. The summed E-state index contributed by atoms with van der Waals surface area (Å²) in [7, 11) is 6.86. The summed E-state index contributed by atoms with van der Waals surface area (Å²) in [5, 5.41) is 6.40. The molecule has 1 aromatic rings. The number of guanidine groups is 1. The molecule has 24 heavy (non-hydrogen) atoms. The minimum Gasteiger partial charge on any atom is -0.382 e. The Morgan fingerprint density at radius 3 is 2.42 bits per heavy atom. The van der Waals surface area contributed by atoms with E-state index in [0.717, 1.165) is 5.56 Å². The fourth-order valence-electron chi connectivity index (χ4n) is 1.92. The van der Waals surface area contributed by atoms with Gasteiger partial charge in [0, 0.05) is 46.9 Å². The number of carbonyl (C=O) groups is 1. The van der Waals surface area contributed by atoms with E-state index in [1.807, 2.05) is 24.3 Å². The quantitative estimate of drug-likeness (QED) is 0.395. The van der Waals surface area contributed by atoms with E-state index in [1.54, 1.807) is 33.2 Å². The molecule has 0 saturated carbocycles. The highest BCUT2D eigenvalue weighted by Gasteiger charge is 2.07. The Bertz CT molecular complexity index is 515. The zero-order valence-electron chi connectivity index (χ0n) is 15.0. The van der Waals surface area contributed by atoms with Gasteiger partial charge in [-0.15, -0.1) is 0 Å². The van der Waals surface area contributed by atoms with E-state index < -0.39 is 0 Å². The molecule has 7 nitrogen and oxygen atoms in total. The SMILES string of the molecule is CN=C(NCCOCCOC)NCc1ccc(C(=O)N(C)C)cc1. The van der Waals surface area contributed by atoms with E-state index in [2.05, 4.69) is 15.6 Å². The van der Waals surface area contributed by atoms with Crippen molar-refractivity contribution in [2.75, 3.05) is 54.6 Å². The molecule has 1 aromatic carbocycles. The van der Waals surface area contributed by atoms with E-state index in [1.165, 1.54) is 0 Å². The summed E-state index contributed by atoms with van der Waals surface area (Å²) in [6.45, 7) is 3.06. The molecule has 0 unspecified atom stereocenters. The summed E-state index contributed by atoms with van der Waals surface area (Å²) >= 11 is 0. The van der Waals surface area contributed by atoms with Gasteiger partial charge in [0.25, 0.3) is 5.91 Å². The van der Waals surface area contributed by atoms with Crippen LogP contribution in [0.4, 0.5) is 0 Å². The number of ether oxygens (including phenoxy) is 2. The van der Waals surface area contributed by atoms with Gasteiger partial charge in [0.1, 0.15) is 0 Å². The molecule has 0 heterocycles. The highest BCUT2D eigenvalue weighted by Crippen LogP contribution is 2.06. The molecule has 0 atom stereocenters. The maximum absolute atomic E-state index is 11.8. The van der Waals surface area contributed by atoms with Gasteiger partial charge in [0.2, 0.25) is 0 Å². The minimum atomic E-state index is 0.000425. The third-order valence-corrected chi connectivity index (χ3v) is 3.26. The van der Waals surface area contributed by atoms with Crippen LogP contribution in [0.5, 0.6) is 0 Å². The van der Waals surface area contributed by atoms with Gasteiger partial charge in [0.05, 0.1) is 19.8 Å². The lowest BCUT2D eigenvalue weighted by Crippen LogP contribution is -2.38. The van der Waals surface area contributed by atoms with Crippen molar-refractivity contribution in [2.45, 2.75) is 6.54 Å². The summed E-state index contributed by atoms with van der Waals surface area (Å²) in [6.07, 6.45) is 0. The van der Waals surface area contributed by atoms with Crippen molar-refractivity contribution in [3.05, 3.63) is 35.4 Å². The smallest absolute Gasteiger partial charge is 0.253 e. The Hall–Kier alpha value is -2.12. The molecule has 0 spiro atoms. The molecule has 0 aliphatic carbocycles. The van der Waals surface area contributed by atoms with E-state index in [-0.39, 0.29) is 5.91 Å². The molecule has 1 amide bonds. The van der Waals surface area contributed by atoms with Crippen LogP contribution in [-0.4, -0.2) is 71.4 Å². The molecule has 0 fully saturated rings. The van der Waals surface area contributed by atoms with Crippen LogP contribution in [0.2, 0.25) is 0 Å². The fraction of sp³-hybridized carbons (Fsp3) is 0.529. The number of nitrogens with one attached hydrogen (secondary N) is 2. The van der Waals surface area contributed by atoms with Gasteiger partial charge in [-0.3, -0.25) is 9.79 Å². The Kier molecular flexibility index (Phi) is 9.48. The monoisotopic (exact) mass is 336 g/mol. The molecule has 0 aromatic heterocycles. The third kappa shape index (κ3) is 7.43. The number of hydrogen-bond acceptors (Lipinski definition) is 4. The van der Waals surface area contributed by atoms with Crippen LogP contribution < -0.4 is 10.6 Å². The molecule has 7 heteroatoms. The lowest BCUT2D eigenvalue weighted by atomic mass is 10.1. The largest absolute Gasteiger partial charge is 0.382 e. The maximum atomic E-state index is 11.8. The van der Waals surface area contributed by atoms with Gasteiger partial charge in [-0.05, 0) is 17.7 Å². The highest BCUT2D eigenvalue weighted by molar-refractivity contribution is 5.93. The predicted molar refractivity (Wildman–Crippen MR) is 95.4 cm³/mol. The summed E-state index contributed by atoms with van der Waals surface area (Å²) in [5.41, 5.74) is 1.75. The highest BCUT2D eigenvalue weighted by atomic mass is 16.5. The molecule has 2 N–H and O–H groups in total. The molecule has 134 valence electrons. The molecule has 1 rings (SSSR count). The van der Waals surface area contributed by atoms with Crippen molar-refractivity contribution in [3.8, 4) is 0 Å². The number of methoxy groups -OCH3 is 1. The average molecular weight is 336 g/mol. The van der Waals surface area contributed by atoms with Crippen molar-refractivity contribution in [1.29, 1.82) is 0 Å². The van der Waals surface area contributed by atoms with E-state index in [0.29, 0.717) is 44.4 Å². The fourth-order valence-corrected chi connectivity index (χ4v) is 1.92. The van der Waals surface area contributed by atoms with E-state index in [4.69, 9.17) is 9.47 Å². The molecule has 0 aliphatic rings. The number of nitrogens with zero attached hydrogens (tertiary/aromatic N) is 2. The van der Waals surface area contributed by atoms with Crippen LogP contribution in [0.1, 0.15) is 15.9 Å². The summed E-state index contributed by atoms with van der Waals surface area (Å²) in [5.74, 6) is 0.708. The summed E-state index contributed by atoms with van der Waals surface area (Å²) in [4.78, 5) is 17.6. The van der Waals surface area contributed by atoms with Crippen molar-refractivity contribution < 1.29 is 14.3 Å². The van der Waals surface area contributed by atoms with Crippen molar-refractivity contribution >= 4 is 11.9 Å². The standard InChI is InChI=1S/C17H28N4O3/c1-18-17(19-9-10-24-12-11-23-4)20-13-14-5-7-15(8-6-14)16(22)21(2)3/h5-8H,9-13H2,1-4H3,(H2,18,19,20). The lowest BCUT2D eigenvalue weighted by Gasteiger charge is -2.13. The van der Waals surface area contributed by atoms with Crippen molar-refractivity contribution in [1.82, 2.24) is 15.5 Å². The van der Waals surface area contributed by atoms with Gasteiger partial charge in [-0.2, -0.15) is 0 Å². The first-order chi connectivity index (χ1) is 11.6. The normalized spacial score (nSPS) is 11.2. The van der Waals surface area contributed by atoms with Crippen LogP contribution in [0.15, 0.2) is 29.3 Å². The van der Waals surface area contributed by atoms with E-state index in [9.17, 15) is 4.79 Å². The Labute approximate surface area is 144 Å². The van der Waals surface area contributed by atoms with Crippen LogP contribution >= 0.6 is 0 Å². The second-order valence-corrected chi connectivity index (χ2v) is 5.35. The van der Waals surface area contributed by atoms with Crippen LogP contribution in [0.3, 0.4) is 0 Å². The first kappa shape index (κ1) is 19.9. The lowest BCUT2D eigenvalue weighted by molar-refractivity contribution is 0.0733. The summed E-state index contributed by atoms with van der Waals surface area (Å²) in [6, 6.07) is 7.54. The molecule has 0 saturated heterocycles. The number of benzene rings is 1. The van der Waals surface area contributed by atoms with Gasteiger partial charge >= 0.3 is 0 Å². The molecule has 0 radical (unpaired) electrons. The second kappa shape index (κ2) is 11.4. The first-order valence-electron chi connectivity index (χ1n) is 7.90. The topological polar surface area (TPSA) is 75.2 Å². The van der Waals surface area contributed by atoms with Gasteiger partial charge < -0.3 is 25.0 Å². The number of carbonyl (C=O) groups excluding carboxylic acids is 1. The first-order valence-corrected chi connectivity index (χ1v) is 7.90. The molecular formula is C17H28N4O3. The predicted octanol–water partition coefficient (Wildman–Crippen LogP) is 0.716. The van der Waals surface area contributed by atoms with Crippen LogP contribution in [0, 0.1) is 0 Å². The number of aliphatic imine (C=N–C) groups is 1. The summed E-state index contributed by atoms with van der Waals surface area (Å²) < 4.78 is 10.3. The van der Waals surface area contributed by atoms with Crippen molar-refractivity contribution in [3.63, 3.8) is 0 Å². The van der Waals surface area contributed by atoms with Crippen LogP contribution in [-0.2, 0) is 16.0 Å². The zero-order valence-corrected chi connectivity index (χ0v) is 15.0. The van der Waals surface area contributed by atoms with Gasteiger partial charge in [-0.25, -0.2) is 0 Å². The van der Waals surface area contributed by atoms with Crippen molar-refractivity contribution in [2.24, 2.45) is 4.99 Å². The van der Waals surface area contributed by atoms with Gasteiger partial charge in [0.15, 0.2) is 5.96 Å². The maximum Gasteiger partial charge on any atom is 0.253 e. The van der Waals surface area contributed by atoms with Gasteiger partial charge in [-0.1, -0.05) is 12.1 Å². The molecular weight excluding hydrogens is 308 g/mol. The Morgan fingerprint density at radius 2 is 1.83 bits per heavy atom.